The lowest BCUT2D eigenvalue weighted by Crippen LogP contribution is -2.31. The Morgan fingerprint density at radius 2 is 1.96 bits per heavy atom. The molecule has 2 heterocycles. The average Bonchev–Trinajstić information content (AvgIpc) is 2.67. The topological polar surface area (TPSA) is 93.8 Å². The second kappa shape index (κ2) is 8.17. The van der Waals surface area contributed by atoms with E-state index in [4.69, 9.17) is 5.73 Å². The van der Waals surface area contributed by atoms with Gasteiger partial charge in [0.05, 0.1) is 11.7 Å². The molecule has 28 heavy (non-hydrogen) atoms. The highest BCUT2D eigenvalue weighted by Crippen LogP contribution is 2.29. The largest absolute Gasteiger partial charge is 0.384 e. The maximum absolute atomic E-state index is 13.0. The predicted octanol–water partition coefficient (Wildman–Crippen LogP) is 4.03. The van der Waals surface area contributed by atoms with Gasteiger partial charge < -0.3 is 11.1 Å². The molecule has 0 aliphatic rings. The van der Waals surface area contributed by atoms with E-state index in [2.05, 4.69) is 41.0 Å². The number of carbonyl (C=O) groups excluding carboxylic acids is 1. The Bertz CT molecular complexity index is 950. The van der Waals surface area contributed by atoms with Crippen LogP contribution in [0.5, 0.6) is 0 Å². The van der Waals surface area contributed by atoms with Gasteiger partial charge in [-0.25, -0.2) is 9.97 Å². The van der Waals surface area contributed by atoms with Gasteiger partial charge in [0.25, 0.3) is 5.91 Å². The second-order valence-corrected chi connectivity index (χ2v) is 7.99. The molecule has 3 rings (SSSR count). The van der Waals surface area contributed by atoms with E-state index in [1.807, 2.05) is 30.3 Å². The van der Waals surface area contributed by atoms with E-state index in [0.29, 0.717) is 17.1 Å². The molecule has 0 spiro atoms. The number of nitrogen functional groups attached to an aromatic ring is 1. The zero-order valence-corrected chi connectivity index (χ0v) is 16.4. The van der Waals surface area contributed by atoms with Gasteiger partial charge >= 0.3 is 0 Å². The Balaban J connectivity index is 1.85. The highest BCUT2D eigenvalue weighted by molar-refractivity contribution is 5.95. The number of hydrogen-bond donors (Lipinski definition) is 2. The predicted molar refractivity (Wildman–Crippen MR) is 110 cm³/mol. The minimum Gasteiger partial charge on any atom is -0.384 e. The van der Waals surface area contributed by atoms with E-state index >= 15 is 0 Å². The Morgan fingerprint density at radius 3 is 2.64 bits per heavy atom. The highest BCUT2D eigenvalue weighted by Gasteiger charge is 2.23. The van der Waals surface area contributed by atoms with Crippen molar-refractivity contribution in [3.8, 4) is 11.3 Å². The number of aromatic nitrogens is 3. The molecule has 1 aromatic carbocycles. The molecule has 3 N–H and O–H groups in total. The van der Waals surface area contributed by atoms with Gasteiger partial charge in [-0.05, 0) is 35.6 Å². The summed E-state index contributed by atoms with van der Waals surface area (Å²) in [7, 11) is 0. The Morgan fingerprint density at radius 1 is 1.14 bits per heavy atom. The van der Waals surface area contributed by atoms with Crippen LogP contribution in [0.4, 0.5) is 5.82 Å². The van der Waals surface area contributed by atoms with Crippen molar-refractivity contribution in [3.63, 3.8) is 0 Å². The summed E-state index contributed by atoms with van der Waals surface area (Å²) in [6.07, 6.45) is 5.75. The van der Waals surface area contributed by atoms with Crippen molar-refractivity contribution in [2.45, 2.75) is 33.2 Å². The van der Waals surface area contributed by atoms with Crippen LogP contribution in [0.2, 0.25) is 0 Å². The fourth-order valence-electron chi connectivity index (χ4n) is 3.04. The second-order valence-electron chi connectivity index (χ2n) is 7.99. The van der Waals surface area contributed by atoms with E-state index in [-0.39, 0.29) is 17.4 Å². The van der Waals surface area contributed by atoms with Crippen molar-refractivity contribution in [1.29, 1.82) is 0 Å². The zero-order chi connectivity index (χ0) is 20.1. The number of nitrogens with one attached hydrogen (secondary N) is 1. The number of nitrogens with zero attached hydrogens (tertiary/aromatic N) is 3. The van der Waals surface area contributed by atoms with Crippen LogP contribution in [-0.2, 0) is 0 Å². The van der Waals surface area contributed by atoms with E-state index < -0.39 is 0 Å². The third-order valence-corrected chi connectivity index (χ3v) is 4.32. The quantitative estimate of drug-likeness (QED) is 0.702. The number of amides is 1. The molecule has 0 aliphatic heterocycles. The Hall–Kier alpha value is -3.28. The smallest absolute Gasteiger partial charge is 0.251 e. The third-order valence-electron chi connectivity index (χ3n) is 4.32. The molecule has 0 bridgehead atoms. The minimum absolute atomic E-state index is 0.0497. The summed E-state index contributed by atoms with van der Waals surface area (Å²) in [4.78, 5) is 25.3. The van der Waals surface area contributed by atoms with Gasteiger partial charge in [0.1, 0.15) is 12.1 Å². The number of anilines is 1. The van der Waals surface area contributed by atoms with E-state index in [0.717, 1.165) is 17.5 Å². The van der Waals surface area contributed by atoms with Gasteiger partial charge in [0, 0.05) is 29.6 Å². The average molecular weight is 375 g/mol. The lowest BCUT2D eigenvalue weighted by molar-refractivity contribution is 0.0926. The van der Waals surface area contributed by atoms with Crippen molar-refractivity contribution in [3.05, 3.63) is 72.3 Å². The Kier molecular flexibility index (Phi) is 5.68. The van der Waals surface area contributed by atoms with E-state index in [1.54, 1.807) is 24.5 Å². The summed E-state index contributed by atoms with van der Waals surface area (Å²) in [5.74, 6) is 0.253. The van der Waals surface area contributed by atoms with Crippen molar-refractivity contribution in [2.24, 2.45) is 5.41 Å². The highest BCUT2D eigenvalue weighted by atomic mass is 16.1. The molecular weight excluding hydrogens is 350 g/mol. The first-order valence-electron chi connectivity index (χ1n) is 9.20. The van der Waals surface area contributed by atoms with Crippen LogP contribution < -0.4 is 11.1 Å². The van der Waals surface area contributed by atoms with Gasteiger partial charge in [0.2, 0.25) is 0 Å². The number of carbonyl (C=O) groups is 1. The summed E-state index contributed by atoms with van der Waals surface area (Å²) in [6.45, 7) is 6.47. The van der Waals surface area contributed by atoms with Gasteiger partial charge in [-0.1, -0.05) is 39.0 Å². The molecule has 0 saturated heterocycles. The zero-order valence-electron chi connectivity index (χ0n) is 16.4. The van der Waals surface area contributed by atoms with Gasteiger partial charge in [0.15, 0.2) is 0 Å². The molecule has 0 aliphatic carbocycles. The number of pyridine rings is 1. The molecule has 6 heteroatoms. The van der Waals surface area contributed by atoms with Crippen LogP contribution >= 0.6 is 0 Å². The van der Waals surface area contributed by atoms with Crippen LogP contribution in [0, 0.1) is 5.41 Å². The molecule has 0 saturated carbocycles. The number of hydrogen-bond acceptors (Lipinski definition) is 5. The van der Waals surface area contributed by atoms with Gasteiger partial charge in [-0.3, -0.25) is 9.78 Å². The van der Waals surface area contributed by atoms with Gasteiger partial charge in [-0.2, -0.15) is 0 Å². The molecule has 0 unspecified atom stereocenters. The SMILES string of the molecule is CC(C)(C)C[C@H](NC(=O)c1cccc(-c2cc(N)ncn2)c1)c1cccnc1. The molecule has 0 fully saturated rings. The van der Waals surface area contributed by atoms with E-state index in [9.17, 15) is 4.79 Å². The summed E-state index contributed by atoms with van der Waals surface area (Å²) < 4.78 is 0. The third kappa shape index (κ3) is 5.13. The monoisotopic (exact) mass is 375 g/mol. The lowest BCUT2D eigenvalue weighted by atomic mass is 9.85. The summed E-state index contributed by atoms with van der Waals surface area (Å²) >= 11 is 0. The van der Waals surface area contributed by atoms with Crippen molar-refractivity contribution >= 4 is 11.7 Å². The molecule has 3 aromatic rings. The van der Waals surface area contributed by atoms with Crippen LogP contribution in [0.25, 0.3) is 11.3 Å². The van der Waals surface area contributed by atoms with Crippen molar-refractivity contribution < 1.29 is 4.79 Å². The van der Waals surface area contributed by atoms with Gasteiger partial charge in [-0.15, -0.1) is 0 Å². The maximum Gasteiger partial charge on any atom is 0.251 e. The van der Waals surface area contributed by atoms with Crippen LogP contribution in [0.1, 0.15) is 49.2 Å². The summed E-state index contributed by atoms with van der Waals surface area (Å²) in [6, 6.07) is 12.8. The number of rotatable bonds is 5. The van der Waals surface area contributed by atoms with Crippen LogP contribution in [0.15, 0.2) is 61.2 Å². The normalized spacial score (nSPS) is 12.4. The minimum atomic E-state index is -0.137. The maximum atomic E-state index is 13.0. The molecule has 6 nitrogen and oxygen atoms in total. The lowest BCUT2D eigenvalue weighted by Gasteiger charge is -2.27. The fraction of sp³-hybridized carbons (Fsp3) is 0.273. The molecule has 144 valence electrons. The molecule has 0 radical (unpaired) electrons. The first-order valence-corrected chi connectivity index (χ1v) is 9.20. The first-order chi connectivity index (χ1) is 13.3. The molecule has 1 atom stereocenters. The molecule has 1 amide bonds. The fourth-order valence-corrected chi connectivity index (χ4v) is 3.04. The van der Waals surface area contributed by atoms with Crippen LogP contribution in [0.3, 0.4) is 0 Å². The summed E-state index contributed by atoms with van der Waals surface area (Å²) in [5.41, 5.74) is 8.85. The number of benzene rings is 1. The van der Waals surface area contributed by atoms with Crippen LogP contribution in [-0.4, -0.2) is 20.9 Å². The first kappa shape index (κ1) is 19.5. The van der Waals surface area contributed by atoms with Crippen molar-refractivity contribution in [2.75, 3.05) is 5.73 Å². The Labute approximate surface area is 165 Å². The molecular formula is C22H25N5O. The standard InChI is InChI=1S/C22H25N5O/c1-22(2,3)12-19(17-8-5-9-24-13-17)27-21(28)16-7-4-6-15(10-16)18-11-20(23)26-14-25-18/h4-11,13-14,19H,12H2,1-3H3,(H,27,28)(H2,23,25,26)/t19-/m0/s1. The van der Waals surface area contributed by atoms with E-state index in [1.165, 1.54) is 6.33 Å². The molecule has 2 aromatic heterocycles. The van der Waals surface area contributed by atoms with Crippen molar-refractivity contribution in [1.82, 2.24) is 20.3 Å². The number of nitrogens with two attached hydrogens (primary N) is 1. The summed E-state index contributed by atoms with van der Waals surface area (Å²) in [5, 5.41) is 3.16.